The number of fused-ring (bicyclic) bond motifs is 2. The number of anilines is 2. The van der Waals surface area contributed by atoms with Crippen molar-refractivity contribution in [1.29, 1.82) is 5.26 Å². The average Bonchev–Trinajstić information content (AvgIpc) is 3.53. The summed E-state index contributed by atoms with van der Waals surface area (Å²) in [4.78, 5) is 17.1. The fourth-order valence-electron chi connectivity index (χ4n) is 4.84. The lowest BCUT2D eigenvalue weighted by Gasteiger charge is -2.39. The van der Waals surface area contributed by atoms with Crippen molar-refractivity contribution in [3.05, 3.63) is 53.5 Å². The predicted octanol–water partition coefficient (Wildman–Crippen LogP) is 3.72. The molecular weight excluding hydrogens is 460 g/mol. The lowest BCUT2D eigenvalue weighted by molar-refractivity contribution is 0.0600. The molecular formula is C23H21F2N7OS. The molecule has 0 spiro atoms. The summed E-state index contributed by atoms with van der Waals surface area (Å²) in [6.45, 7) is 5.10. The molecule has 11 heteroatoms. The highest BCUT2D eigenvalue weighted by Gasteiger charge is 2.72. The summed E-state index contributed by atoms with van der Waals surface area (Å²) in [6, 6.07) is 6.07. The lowest BCUT2D eigenvalue weighted by atomic mass is 9.83. The van der Waals surface area contributed by atoms with Crippen LogP contribution in [0.5, 0.6) is 0 Å². The summed E-state index contributed by atoms with van der Waals surface area (Å²) in [5.41, 5.74) is 5.25. The minimum atomic E-state index is -1.17. The Kier molecular flexibility index (Phi) is 4.83. The van der Waals surface area contributed by atoms with Gasteiger partial charge in [0.1, 0.15) is 17.9 Å². The quantitative estimate of drug-likeness (QED) is 0.513. The molecule has 3 aromatic rings. The maximum Gasteiger partial charge on any atom is 0.164 e. The van der Waals surface area contributed by atoms with Crippen molar-refractivity contribution in [2.24, 2.45) is 16.6 Å². The Morgan fingerprint density at radius 2 is 2.03 bits per heavy atom. The molecule has 8 nitrogen and oxygen atoms in total. The highest BCUT2D eigenvalue weighted by atomic mass is 32.2. The smallest absolute Gasteiger partial charge is 0.164 e. The number of nitrogens with one attached hydrogen (secondary N) is 1. The Labute approximate surface area is 198 Å². The van der Waals surface area contributed by atoms with Gasteiger partial charge in [0.2, 0.25) is 0 Å². The van der Waals surface area contributed by atoms with Crippen LogP contribution >= 0.6 is 11.8 Å². The third-order valence-corrected chi connectivity index (χ3v) is 8.31. The highest BCUT2D eigenvalue weighted by molar-refractivity contribution is 8.15. The third-order valence-electron chi connectivity index (χ3n) is 6.69. The second-order valence-corrected chi connectivity index (χ2v) is 10.6. The minimum absolute atomic E-state index is 0.0347. The average molecular weight is 482 g/mol. The van der Waals surface area contributed by atoms with Gasteiger partial charge in [0.15, 0.2) is 22.6 Å². The van der Waals surface area contributed by atoms with Gasteiger partial charge >= 0.3 is 0 Å². The molecule has 0 unspecified atom stereocenters. The molecule has 1 aliphatic carbocycles. The predicted molar refractivity (Wildman–Crippen MR) is 125 cm³/mol. The van der Waals surface area contributed by atoms with Crippen molar-refractivity contribution in [3.8, 4) is 6.07 Å². The number of benzene rings is 1. The topological polar surface area (TPSA) is 133 Å². The van der Waals surface area contributed by atoms with E-state index in [2.05, 4.69) is 25.3 Å². The molecule has 1 aromatic carbocycles. The van der Waals surface area contributed by atoms with Gasteiger partial charge in [-0.2, -0.15) is 5.26 Å². The van der Waals surface area contributed by atoms with Gasteiger partial charge < -0.3 is 16.2 Å². The van der Waals surface area contributed by atoms with Crippen LogP contribution in [0.15, 0.2) is 35.7 Å². The summed E-state index contributed by atoms with van der Waals surface area (Å²) in [5.74, 6) is -2.04. The number of aliphatic hydroxyl groups is 1. The summed E-state index contributed by atoms with van der Waals surface area (Å²) < 4.78 is 29.4. The fourth-order valence-corrected chi connectivity index (χ4v) is 6.32. The van der Waals surface area contributed by atoms with Crippen molar-refractivity contribution in [2.75, 3.05) is 5.32 Å². The first-order valence-corrected chi connectivity index (χ1v) is 11.3. The number of aliphatic imine (C=N–C) groups is 1. The van der Waals surface area contributed by atoms with Crippen LogP contribution in [0.3, 0.4) is 0 Å². The molecule has 174 valence electrons. The van der Waals surface area contributed by atoms with Gasteiger partial charge in [0.25, 0.3) is 0 Å². The van der Waals surface area contributed by atoms with E-state index in [4.69, 9.17) is 11.0 Å². The van der Waals surface area contributed by atoms with Crippen LogP contribution in [-0.4, -0.2) is 35.6 Å². The SMILES string of the molecule is CC(C)(O)[C@]12C[C@H]1[C@](C)(c1cc(Nc3ncnc4cc(C#N)cnc34)cc(F)c1F)N=C(N)S2. The molecule has 5 rings (SSSR count). The zero-order valence-corrected chi connectivity index (χ0v) is 19.4. The van der Waals surface area contributed by atoms with E-state index in [1.54, 1.807) is 26.8 Å². The standard InChI is InChI=1S/C23H21F2N7OS/c1-21(2,33)23-7-16(23)22(3,32-20(27)34-23)13-5-12(6-14(24)17(13)25)31-19-18-15(29-10-30-19)4-11(8-26)9-28-18/h4-6,9-10,16,33H,7H2,1-3H3,(H2,27,32)(H,29,30,31)/t16-,22-,23-/m0/s1. The third kappa shape index (κ3) is 3.28. The maximum atomic E-state index is 15.2. The second kappa shape index (κ2) is 7.32. The number of aromatic nitrogens is 3. The molecule has 1 fully saturated rings. The van der Waals surface area contributed by atoms with Crippen LogP contribution in [0, 0.1) is 28.9 Å². The van der Waals surface area contributed by atoms with E-state index in [0.29, 0.717) is 23.0 Å². The van der Waals surface area contributed by atoms with Gasteiger partial charge in [-0.15, -0.1) is 0 Å². The van der Waals surface area contributed by atoms with Gasteiger partial charge in [-0.05, 0) is 39.3 Å². The van der Waals surface area contributed by atoms with Gasteiger partial charge in [0.05, 0.1) is 27.0 Å². The monoisotopic (exact) mass is 481 g/mol. The summed E-state index contributed by atoms with van der Waals surface area (Å²) in [7, 11) is 0. The Hall–Kier alpha value is -3.36. The number of rotatable bonds is 4. The Bertz CT molecular complexity index is 1420. The number of thioether (sulfide) groups is 1. The van der Waals surface area contributed by atoms with E-state index in [0.717, 1.165) is 6.07 Å². The zero-order valence-electron chi connectivity index (χ0n) is 18.6. The first kappa shape index (κ1) is 22.4. The molecule has 0 radical (unpaired) electrons. The molecule has 2 aliphatic rings. The molecule has 3 heterocycles. The van der Waals surface area contributed by atoms with Crippen LogP contribution in [0.2, 0.25) is 0 Å². The van der Waals surface area contributed by atoms with Crippen molar-refractivity contribution < 1.29 is 13.9 Å². The minimum Gasteiger partial charge on any atom is -0.389 e. The van der Waals surface area contributed by atoms with Crippen LogP contribution in [-0.2, 0) is 5.54 Å². The summed E-state index contributed by atoms with van der Waals surface area (Å²) >= 11 is 1.29. The van der Waals surface area contributed by atoms with Crippen LogP contribution in [0.4, 0.5) is 20.3 Å². The molecule has 1 aliphatic heterocycles. The van der Waals surface area contributed by atoms with E-state index in [1.807, 2.05) is 6.07 Å². The highest BCUT2D eigenvalue weighted by Crippen LogP contribution is 2.69. The van der Waals surface area contributed by atoms with Crippen molar-refractivity contribution in [1.82, 2.24) is 15.0 Å². The molecule has 4 N–H and O–H groups in total. The van der Waals surface area contributed by atoms with Crippen molar-refractivity contribution in [2.45, 2.75) is 43.1 Å². The van der Waals surface area contributed by atoms with Gasteiger partial charge in [-0.1, -0.05) is 11.8 Å². The van der Waals surface area contributed by atoms with Crippen molar-refractivity contribution in [3.63, 3.8) is 0 Å². The first-order valence-electron chi connectivity index (χ1n) is 10.5. The first-order chi connectivity index (χ1) is 16.0. The number of nitrogens with two attached hydrogens (primary N) is 1. The van der Waals surface area contributed by atoms with Crippen LogP contribution < -0.4 is 11.1 Å². The van der Waals surface area contributed by atoms with Crippen LogP contribution in [0.25, 0.3) is 11.0 Å². The number of hydrogen-bond donors (Lipinski definition) is 3. The number of halogens is 2. The van der Waals surface area contributed by atoms with Crippen LogP contribution in [0.1, 0.15) is 38.3 Å². The number of hydrogen-bond acceptors (Lipinski definition) is 9. The van der Waals surface area contributed by atoms with Gasteiger partial charge in [-0.25, -0.2) is 23.7 Å². The fraction of sp³-hybridized carbons (Fsp3) is 0.348. The van der Waals surface area contributed by atoms with E-state index >= 15 is 4.39 Å². The van der Waals surface area contributed by atoms with E-state index in [9.17, 15) is 9.50 Å². The van der Waals surface area contributed by atoms with E-state index in [1.165, 1.54) is 30.4 Å². The molecule has 34 heavy (non-hydrogen) atoms. The van der Waals surface area contributed by atoms with E-state index in [-0.39, 0.29) is 28.2 Å². The molecule has 2 aromatic heterocycles. The second-order valence-electron chi connectivity index (χ2n) is 9.28. The Morgan fingerprint density at radius 3 is 2.74 bits per heavy atom. The number of nitriles is 1. The number of pyridine rings is 1. The zero-order chi connectivity index (χ0) is 24.5. The normalized spacial score (nSPS) is 25.9. The summed E-state index contributed by atoms with van der Waals surface area (Å²) in [6.07, 6.45) is 3.23. The van der Waals surface area contributed by atoms with Crippen molar-refractivity contribution >= 4 is 39.5 Å². The number of nitrogens with zero attached hydrogens (tertiary/aromatic N) is 5. The maximum absolute atomic E-state index is 15.2. The molecule has 0 saturated heterocycles. The molecule has 0 bridgehead atoms. The summed E-state index contributed by atoms with van der Waals surface area (Å²) in [5, 5.41) is 23.1. The molecule has 3 atom stereocenters. The number of amidine groups is 1. The molecule has 0 amide bonds. The Morgan fingerprint density at radius 1 is 1.26 bits per heavy atom. The Balaban J connectivity index is 1.59. The van der Waals surface area contributed by atoms with E-state index < -0.39 is 27.5 Å². The molecule has 1 saturated carbocycles. The van der Waals surface area contributed by atoms with Gasteiger partial charge in [0, 0.05) is 29.4 Å². The van der Waals surface area contributed by atoms with Gasteiger partial charge in [-0.3, -0.25) is 4.99 Å². The largest absolute Gasteiger partial charge is 0.389 e. The lowest BCUT2D eigenvalue weighted by Crippen LogP contribution is -2.46.